The molecule has 0 bridgehead atoms. The van der Waals surface area contributed by atoms with Crippen molar-refractivity contribution in [1.82, 2.24) is 9.71 Å². The van der Waals surface area contributed by atoms with Crippen LogP contribution in [0, 0.1) is 5.92 Å². The van der Waals surface area contributed by atoms with Gasteiger partial charge >= 0.3 is 5.97 Å². The van der Waals surface area contributed by atoms with E-state index in [4.69, 9.17) is 5.11 Å². The van der Waals surface area contributed by atoms with Gasteiger partial charge in [0.05, 0.1) is 0 Å². The van der Waals surface area contributed by atoms with Gasteiger partial charge in [-0.1, -0.05) is 6.92 Å². The zero-order chi connectivity index (χ0) is 16.2. The Labute approximate surface area is 130 Å². The highest BCUT2D eigenvalue weighted by atomic mass is 32.2. The largest absolute Gasteiger partial charge is 0.480 e. The number of nitrogens with zero attached hydrogens (tertiary/aromatic N) is 2. The molecule has 1 aromatic rings. The summed E-state index contributed by atoms with van der Waals surface area (Å²) in [6.07, 6.45) is 4.19. The minimum Gasteiger partial charge on any atom is -0.480 e. The topological polar surface area (TPSA) is 99.6 Å². The molecule has 1 heterocycles. The number of anilines is 1. The first-order valence-electron chi connectivity index (χ1n) is 7.35. The summed E-state index contributed by atoms with van der Waals surface area (Å²) in [6, 6.07) is 3.01. The van der Waals surface area contributed by atoms with E-state index in [0.29, 0.717) is 24.8 Å². The molecule has 0 aromatic carbocycles. The summed E-state index contributed by atoms with van der Waals surface area (Å²) >= 11 is 0. The summed E-state index contributed by atoms with van der Waals surface area (Å²) < 4.78 is 26.7. The van der Waals surface area contributed by atoms with Crippen molar-refractivity contribution < 1.29 is 18.3 Å². The van der Waals surface area contributed by atoms with Crippen molar-refractivity contribution in [3.8, 4) is 0 Å². The maximum atomic E-state index is 12.1. The molecule has 1 aliphatic carbocycles. The number of carboxylic acid groups (broad SMARTS) is 1. The lowest BCUT2D eigenvalue weighted by molar-refractivity contribution is -0.135. The van der Waals surface area contributed by atoms with E-state index >= 15 is 0 Å². The molecule has 2 rings (SSSR count). The average molecular weight is 327 g/mol. The average Bonchev–Trinajstić information content (AvgIpc) is 3.29. The molecular formula is C14H21N3O4S. The number of aliphatic carboxylic acids is 1. The third-order valence-corrected chi connectivity index (χ3v) is 4.84. The van der Waals surface area contributed by atoms with E-state index in [1.165, 1.54) is 12.3 Å². The van der Waals surface area contributed by atoms with Gasteiger partial charge in [-0.3, -0.25) is 4.79 Å². The molecule has 1 saturated carbocycles. The Kier molecular flexibility index (Phi) is 5.36. The van der Waals surface area contributed by atoms with Gasteiger partial charge in [0.2, 0.25) is 10.0 Å². The fraction of sp³-hybridized carbons (Fsp3) is 0.571. The lowest BCUT2D eigenvalue weighted by Crippen LogP contribution is -2.31. The summed E-state index contributed by atoms with van der Waals surface area (Å²) in [4.78, 5) is 16.7. The predicted octanol–water partition coefficient (Wildman–Crippen LogP) is 1.07. The maximum absolute atomic E-state index is 12.1. The fourth-order valence-corrected chi connectivity index (χ4v) is 3.12. The number of aromatic nitrogens is 1. The second-order valence-corrected chi connectivity index (χ2v) is 7.23. The highest BCUT2D eigenvalue weighted by Gasteiger charge is 2.24. The van der Waals surface area contributed by atoms with Crippen molar-refractivity contribution in [2.45, 2.75) is 31.1 Å². The number of hydrogen-bond acceptors (Lipinski definition) is 5. The van der Waals surface area contributed by atoms with E-state index in [9.17, 15) is 13.2 Å². The van der Waals surface area contributed by atoms with Gasteiger partial charge in [0.1, 0.15) is 17.3 Å². The smallest absolute Gasteiger partial charge is 0.323 e. The molecule has 0 amide bonds. The van der Waals surface area contributed by atoms with Gasteiger partial charge in [-0.15, -0.1) is 0 Å². The summed E-state index contributed by atoms with van der Waals surface area (Å²) in [5, 5.41) is 8.91. The maximum Gasteiger partial charge on any atom is 0.323 e. The molecule has 22 heavy (non-hydrogen) atoms. The zero-order valence-electron chi connectivity index (χ0n) is 12.5. The molecule has 1 aliphatic rings. The Morgan fingerprint density at radius 1 is 1.45 bits per heavy atom. The molecule has 0 saturated heterocycles. The number of carbonyl (C=O) groups is 1. The summed E-state index contributed by atoms with van der Waals surface area (Å²) in [5.41, 5.74) is 0. The van der Waals surface area contributed by atoms with E-state index in [2.05, 4.69) is 9.71 Å². The summed E-state index contributed by atoms with van der Waals surface area (Å²) in [5.74, 6) is -0.0268. The minimum absolute atomic E-state index is 0.101. The molecule has 1 fully saturated rings. The van der Waals surface area contributed by atoms with Crippen LogP contribution in [0.2, 0.25) is 0 Å². The third-order valence-electron chi connectivity index (χ3n) is 3.43. The Hall–Kier alpha value is -1.67. The van der Waals surface area contributed by atoms with Gasteiger partial charge in [-0.2, -0.15) is 0 Å². The lowest BCUT2D eigenvalue weighted by atomic mass is 10.3. The Morgan fingerprint density at radius 3 is 2.68 bits per heavy atom. The van der Waals surface area contributed by atoms with E-state index in [1.54, 1.807) is 11.0 Å². The molecule has 8 heteroatoms. The van der Waals surface area contributed by atoms with Crippen LogP contribution in [0.1, 0.15) is 26.2 Å². The van der Waals surface area contributed by atoms with Crippen LogP contribution in [-0.2, 0) is 14.8 Å². The number of sulfonamides is 1. The van der Waals surface area contributed by atoms with Crippen LogP contribution >= 0.6 is 0 Å². The molecule has 1 aromatic heterocycles. The van der Waals surface area contributed by atoms with Gasteiger partial charge in [-0.05, 0) is 37.3 Å². The van der Waals surface area contributed by atoms with E-state index < -0.39 is 16.0 Å². The molecule has 0 spiro atoms. The highest BCUT2D eigenvalue weighted by Crippen LogP contribution is 2.28. The molecule has 0 unspecified atom stereocenters. The quantitative estimate of drug-likeness (QED) is 0.704. The van der Waals surface area contributed by atoms with Gasteiger partial charge in [0, 0.05) is 19.3 Å². The number of carboxylic acids is 1. The monoisotopic (exact) mass is 327 g/mol. The first kappa shape index (κ1) is 16.7. The van der Waals surface area contributed by atoms with E-state index in [1.807, 2.05) is 6.92 Å². The number of pyridine rings is 1. The second-order valence-electron chi connectivity index (χ2n) is 5.46. The molecule has 2 N–H and O–H groups in total. The normalized spacial score (nSPS) is 14.8. The zero-order valence-corrected chi connectivity index (χ0v) is 13.3. The van der Waals surface area contributed by atoms with Crippen molar-refractivity contribution in [2.24, 2.45) is 5.92 Å². The molecule has 122 valence electrons. The van der Waals surface area contributed by atoms with Gasteiger partial charge < -0.3 is 10.0 Å². The molecular weight excluding hydrogens is 306 g/mol. The van der Waals surface area contributed by atoms with Crippen molar-refractivity contribution in [3.05, 3.63) is 18.3 Å². The molecule has 0 aliphatic heterocycles. The van der Waals surface area contributed by atoms with Crippen LogP contribution < -0.4 is 9.62 Å². The number of nitrogens with one attached hydrogen (secondary N) is 1. The van der Waals surface area contributed by atoms with Crippen LogP contribution in [0.5, 0.6) is 0 Å². The van der Waals surface area contributed by atoms with Crippen LogP contribution in [0.25, 0.3) is 0 Å². The fourth-order valence-electron chi connectivity index (χ4n) is 2.06. The van der Waals surface area contributed by atoms with Crippen molar-refractivity contribution in [3.63, 3.8) is 0 Å². The van der Waals surface area contributed by atoms with E-state index in [0.717, 1.165) is 19.3 Å². The standard InChI is InChI=1S/C14H21N3O4S/c1-2-7-17(10-14(18)19)13-6-5-12(9-15-13)22(20,21)16-8-11-3-4-11/h5-6,9,11,16H,2-4,7-8,10H2,1H3,(H,18,19). The second kappa shape index (κ2) is 7.06. The van der Waals surface area contributed by atoms with Gasteiger partial charge in [-0.25, -0.2) is 18.1 Å². The Bertz CT molecular complexity index is 611. The van der Waals surface area contributed by atoms with Crippen molar-refractivity contribution >= 4 is 21.8 Å². The van der Waals surface area contributed by atoms with Crippen LogP contribution in [0.3, 0.4) is 0 Å². The van der Waals surface area contributed by atoms with Crippen molar-refractivity contribution in [1.29, 1.82) is 0 Å². The van der Waals surface area contributed by atoms with Gasteiger partial charge in [0.15, 0.2) is 0 Å². The van der Waals surface area contributed by atoms with Crippen molar-refractivity contribution in [2.75, 3.05) is 24.5 Å². The van der Waals surface area contributed by atoms with Crippen LogP contribution in [-0.4, -0.2) is 44.1 Å². The molecule has 0 radical (unpaired) electrons. The third kappa shape index (κ3) is 4.67. The Balaban J connectivity index is 2.08. The summed E-state index contributed by atoms with van der Waals surface area (Å²) in [7, 11) is -3.54. The Morgan fingerprint density at radius 2 is 2.18 bits per heavy atom. The van der Waals surface area contributed by atoms with E-state index in [-0.39, 0.29) is 11.4 Å². The predicted molar refractivity (Wildman–Crippen MR) is 82.3 cm³/mol. The molecule has 7 nitrogen and oxygen atoms in total. The first-order chi connectivity index (χ1) is 10.4. The number of rotatable bonds is 9. The first-order valence-corrected chi connectivity index (χ1v) is 8.83. The SMILES string of the molecule is CCCN(CC(=O)O)c1ccc(S(=O)(=O)NCC2CC2)cn1. The minimum atomic E-state index is -3.54. The van der Waals surface area contributed by atoms with Crippen LogP contribution in [0.4, 0.5) is 5.82 Å². The lowest BCUT2D eigenvalue weighted by Gasteiger charge is -2.21. The van der Waals surface area contributed by atoms with Crippen LogP contribution in [0.15, 0.2) is 23.2 Å². The highest BCUT2D eigenvalue weighted by molar-refractivity contribution is 7.89. The summed E-state index contributed by atoms with van der Waals surface area (Å²) in [6.45, 7) is 2.79. The van der Waals surface area contributed by atoms with Gasteiger partial charge in [0.25, 0.3) is 0 Å². The number of hydrogen-bond donors (Lipinski definition) is 2. The molecule has 0 atom stereocenters.